The van der Waals surface area contributed by atoms with Gasteiger partial charge < -0.3 is 10.5 Å². The van der Waals surface area contributed by atoms with Gasteiger partial charge in [0.2, 0.25) is 5.91 Å². The molecule has 2 aromatic rings. The maximum atomic E-state index is 11.6. The Bertz CT molecular complexity index is 724. The van der Waals surface area contributed by atoms with Crippen LogP contribution in [0.25, 0.3) is 11.1 Å². The largest absolute Gasteiger partial charge is 0.494 e. The molecule has 0 spiro atoms. The molecule has 2 aromatic carbocycles. The van der Waals surface area contributed by atoms with Gasteiger partial charge in [0.05, 0.1) is 6.61 Å². The van der Waals surface area contributed by atoms with E-state index < -0.39 is 5.91 Å². The number of amides is 1. The third kappa shape index (κ3) is 9.02. The standard InChI is InChI=1S/C27H39NO2/c1-2-3-4-5-6-7-8-9-10-11-12-15-22-30-24-20-18-23(19-21-24)25-16-13-14-17-26(25)27(28)29/h13-14,16-21H,2-12,15,22H2,1H3,(H2,28,29). The summed E-state index contributed by atoms with van der Waals surface area (Å²) >= 11 is 0. The molecule has 3 heteroatoms. The highest BCUT2D eigenvalue weighted by Gasteiger charge is 2.09. The average molecular weight is 410 g/mol. The van der Waals surface area contributed by atoms with Crippen LogP contribution in [0.2, 0.25) is 0 Å². The van der Waals surface area contributed by atoms with Crippen LogP contribution in [0.4, 0.5) is 0 Å². The summed E-state index contributed by atoms with van der Waals surface area (Å²) in [6.07, 6.45) is 16.2. The Labute approximate surface area is 183 Å². The fourth-order valence-electron chi connectivity index (χ4n) is 3.81. The van der Waals surface area contributed by atoms with E-state index in [1.165, 1.54) is 70.6 Å². The van der Waals surface area contributed by atoms with Crippen LogP contribution in [0.15, 0.2) is 48.5 Å². The van der Waals surface area contributed by atoms with Crippen molar-refractivity contribution in [2.24, 2.45) is 5.73 Å². The lowest BCUT2D eigenvalue weighted by molar-refractivity contribution is 0.100. The Kier molecular flexibility index (Phi) is 11.7. The summed E-state index contributed by atoms with van der Waals surface area (Å²) in [6, 6.07) is 15.3. The van der Waals surface area contributed by atoms with E-state index in [9.17, 15) is 4.79 Å². The van der Waals surface area contributed by atoms with Gasteiger partial charge >= 0.3 is 0 Å². The fourth-order valence-corrected chi connectivity index (χ4v) is 3.81. The first-order chi connectivity index (χ1) is 14.7. The molecular formula is C27H39NO2. The van der Waals surface area contributed by atoms with Gasteiger partial charge in [-0.3, -0.25) is 4.79 Å². The van der Waals surface area contributed by atoms with E-state index in [-0.39, 0.29) is 0 Å². The highest BCUT2D eigenvalue weighted by Crippen LogP contribution is 2.25. The molecule has 0 radical (unpaired) electrons. The maximum Gasteiger partial charge on any atom is 0.249 e. The summed E-state index contributed by atoms with van der Waals surface area (Å²) in [7, 11) is 0. The maximum absolute atomic E-state index is 11.6. The minimum absolute atomic E-state index is 0.405. The first-order valence-corrected chi connectivity index (χ1v) is 11.8. The lowest BCUT2D eigenvalue weighted by atomic mass is 9.99. The minimum Gasteiger partial charge on any atom is -0.494 e. The number of hydrogen-bond acceptors (Lipinski definition) is 2. The highest BCUT2D eigenvalue weighted by atomic mass is 16.5. The van der Waals surface area contributed by atoms with Crippen LogP contribution in [0.1, 0.15) is 94.3 Å². The van der Waals surface area contributed by atoms with E-state index in [2.05, 4.69) is 6.92 Å². The Balaban J connectivity index is 1.56. The molecule has 0 unspecified atom stereocenters. The predicted octanol–water partition coefficient (Wildman–Crippen LogP) is 7.53. The average Bonchev–Trinajstić information content (AvgIpc) is 2.77. The Hall–Kier alpha value is -2.29. The van der Waals surface area contributed by atoms with E-state index in [0.29, 0.717) is 5.56 Å². The van der Waals surface area contributed by atoms with Crippen molar-refractivity contribution in [3.8, 4) is 16.9 Å². The predicted molar refractivity (Wildman–Crippen MR) is 127 cm³/mol. The second kappa shape index (κ2) is 14.7. The molecule has 0 atom stereocenters. The molecule has 0 heterocycles. The van der Waals surface area contributed by atoms with Crippen LogP contribution in [0.5, 0.6) is 5.75 Å². The summed E-state index contributed by atoms with van der Waals surface area (Å²) in [5, 5.41) is 0. The first-order valence-electron chi connectivity index (χ1n) is 11.8. The molecule has 2 N–H and O–H groups in total. The zero-order valence-corrected chi connectivity index (χ0v) is 18.7. The van der Waals surface area contributed by atoms with Crippen molar-refractivity contribution >= 4 is 5.91 Å². The number of hydrogen-bond donors (Lipinski definition) is 1. The van der Waals surface area contributed by atoms with Crippen molar-refractivity contribution in [1.29, 1.82) is 0 Å². The fraction of sp³-hybridized carbons (Fsp3) is 0.519. The zero-order valence-electron chi connectivity index (χ0n) is 18.7. The number of carbonyl (C=O) groups excluding carboxylic acids is 1. The molecule has 0 aliphatic heterocycles. The minimum atomic E-state index is -0.405. The number of nitrogens with two attached hydrogens (primary N) is 1. The van der Waals surface area contributed by atoms with Crippen LogP contribution in [0, 0.1) is 0 Å². The molecule has 0 saturated heterocycles. The van der Waals surface area contributed by atoms with Gasteiger partial charge in [-0.15, -0.1) is 0 Å². The molecule has 30 heavy (non-hydrogen) atoms. The zero-order chi connectivity index (χ0) is 21.4. The number of unbranched alkanes of at least 4 members (excludes halogenated alkanes) is 11. The summed E-state index contributed by atoms with van der Waals surface area (Å²) in [6.45, 7) is 3.03. The van der Waals surface area contributed by atoms with Crippen molar-refractivity contribution in [1.82, 2.24) is 0 Å². The first kappa shape index (κ1) is 24.0. The summed E-state index contributed by atoms with van der Waals surface area (Å²) < 4.78 is 5.87. The molecule has 0 saturated carbocycles. The normalized spacial score (nSPS) is 10.8. The summed E-state index contributed by atoms with van der Waals surface area (Å²) in [4.78, 5) is 11.6. The third-order valence-electron chi connectivity index (χ3n) is 5.62. The second-order valence-corrected chi connectivity index (χ2v) is 8.17. The Morgan fingerprint density at radius 1 is 0.733 bits per heavy atom. The molecular weight excluding hydrogens is 370 g/mol. The third-order valence-corrected chi connectivity index (χ3v) is 5.62. The van der Waals surface area contributed by atoms with Gasteiger partial charge in [0, 0.05) is 5.56 Å². The van der Waals surface area contributed by atoms with Crippen LogP contribution < -0.4 is 10.5 Å². The molecule has 164 valence electrons. The number of primary amides is 1. The lowest BCUT2D eigenvalue weighted by Crippen LogP contribution is -2.12. The summed E-state index contributed by atoms with van der Waals surface area (Å²) in [5.74, 6) is 0.469. The van der Waals surface area contributed by atoms with Crippen molar-refractivity contribution in [2.75, 3.05) is 6.61 Å². The van der Waals surface area contributed by atoms with Gasteiger partial charge in [-0.05, 0) is 35.7 Å². The van der Waals surface area contributed by atoms with Crippen LogP contribution in [-0.4, -0.2) is 12.5 Å². The van der Waals surface area contributed by atoms with Gasteiger partial charge in [-0.25, -0.2) is 0 Å². The van der Waals surface area contributed by atoms with Crippen molar-refractivity contribution in [3.63, 3.8) is 0 Å². The quantitative estimate of drug-likeness (QED) is 0.291. The molecule has 0 bridgehead atoms. The lowest BCUT2D eigenvalue weighted by Gasteiger charge is -2.09. The molecule has 0 aromatic heterocycles. The van der Waals surface area contributed by atoms with E-state index >= 15 is 0 Å². The van der Waals surface area contributed by atoms with E-state index in [1.807, 2.05) is 42.5 Å². The topological polar surface area (TPSA) is 52.3 Å². The molecule has 2 rings (SSSR count). The monoisotopic (exact) mass is 409 g/mol. The van der Waals surface area contributed by atoms with E-state index in [4.69, 9.17) is 10.5 Å². The Morgan fingerprint density at radius 2 is 1.27 bits per heavy atom. The van der Waals surface area contributed by atoms with Gasteiger partial charge in [0.15, 0.2) is 0 Å². The van der Waals surface area contributed by atoms with E-state index in [1.54, 1.807) is 6.07 Å². The number of ether oxygens (including phenoxy) is 1. The summed E-state index contributed by atoms with van der Waals surface area (Å²) in [5.41, 5.74) is 7.86. The SMILES string of the molecule is CCCCCCCCCCCCCCOc1ccc(-c2ccccc2C(N)=O)cc1. The molecule has 0 aliphatic rings. The van der Waals surface area contributed by atoms with Gasteiger partial charge in [0.25, 0.3) is 0 Å². The van der Waals surface area contributed by atoms with Gasteiger partial charge in [-0.2, -0.15) is 0 Å². The molecule has 1 amide bonds. The number of carbonyl (C=O) groups is 1. The molecule has 0 aliphatic carbocycles. The van der Waals surface area contributed by atoms with Gasteiger partial charge in [-0.1, -0.05) is 108 Å². The van der Waals surface area contributed by atoms with E-state index in [0.717, 1.165) is 29.9 Å². The smallest absolute Gasteiger partial charge is 0.249 e. The molecule has 3 nitrogen and oxygen atoms in total. The van der Waals surface area contributed by atoms with Crippen LogP contribution in [0.3, 0.4) is 0 Å². The van der Waals surface area contributed by atoms with Crippen molar-refractivity contribution < 1.29 is 9.53 Å². The second-order valence-electron chi connectivity index (χ2n) is 8.17. The number of benzene rings is 2. The Morgan fingerprint density at radius 3 is 1.83 bits per heavy atom. The van der Waals surface area contributed by atoms with Crippen LogP contribution >= 0.6 is 0 Å². The van der Waals surface area contributed by atoms with Crippen molar-refractivity contribution in [2.45, 2.75) is 84.0 Å². The number of rotatable bonds is 16. The van der Waals surface area contributed by atoms with Crippen LogP contribution in [-0.2, 0) is 0 Å². The highest BCUT2D eigenvalue weighted by molar-refractivity contribution is 5.99. The van der Waals surface area contributed by atoms with Gasteiger partial charge in [0.1, 0.15) is 5.75 Å². The molecule has 0 fully saturated rings. The van der Waals surface area contributed by atoms with Crippen molar-refractivity contribution in [3.05, 3.63) is 54.1 Å².